The Bertz CT molecular complexity index is 631. The topological polar surface area (TPSA) is 59.3 Å². The normalized spacial score (nSPS) is 10.7. The molecule has 0 aliphatic rings. The van der Waals surface area contributed by atoms with Crippen LogP contribution in [-0.2, 0) is 11.3 Å². The average molecular weight is 259 g/mol. The van der Waals surface area contributed by atoms with Crippen LogP contribution in [0.5, 0.6) is 0 Å². The standard InChI is InChI=1S/C15H17NO3/c17-14-9-11-16(10-5-1-2-8-15(18)19)13-7-4-3-6-12(13)14/h3-4,6-7,9,11H,1-2,5,8,10H2,(H,18,19). The van der Waals surface area contributed by atoms with Crippen LogP contribution in [0.3, 0.4) is 0 Å². The van der Waals surface area contributed by atoms with E-state index in [0.29, 0.717) is 6.42 Å². The second-order valence-electron chi connectivity index (χ2n) is 4.59. The molecular weight excluding hydrogens is 242 g/mol. The van der Waals surface area contributed by atoms with E-state index in [-0.39, 0.29) is 11.8 Å². The van der Waals surface area contributed by atoms with Gasteiger partial charge in [-0.15, -0.1) is 0 Å². The first-order valence-corrected chi connectivity index (χ1v) is 6.48. The van der Waals surface area contributed by atoms with Gasteiger partial charge in [-0.25, -0.2) is 0 Å². The molecule has 0 bridgehead atoms. The number of benzene rings is 1. The molecule has 0 radical (unpaired) electrons. The molecule has 0 atom stereocenters. The molecule has 0 fully saturated rings. The summed E-state index contributed by atoms with van der Waals surface area (Å²) >= 11 is 0. The van der Waals surface area contributed by atoms with Crippen molar-refractivity contribution in [3.8, 4) is 0 Å². The van der Waals surface area contributed by atoms with Gasteiger partial charge in [-0.3, -0.25) is 9.59 Å². The number of para-hydroxylation sites is 1. The lowest BCUT2D eigenvalue weighted by atomic mass is 10.1. The van der Waals surface area contributed by atoms with E-state index in [4.69, 9.17) is 5.11 Å². The van der Waals surface area contributed by atoms with Crippen molar-refractivity contribution < 1.29 is 9.90 Å². The lowest BCUT2D eigenvalue weighted by Gasteiger charge is -2.10. The van der Waals surface area contributed by atoms with Crippen molar-refractivity contribution >= 4 is 16.9 Å². The summed E-state index contributed by atoms with van der Waals surface area (Å²) in [5, 5.41) is 9.29. The van der Waals surface area contributed by atoms with Gasteiger partial charge in [0.15, 0.2) is 5.43 Å². The van der Waals surface area contributed by atoms with Crippen LogP contribution >= 0.6 is 0 Å². The summed E-state index contributed by atoms with van der Waals surface area (Å²) in [6.07, 6.45) is 4.53. The molecule has 100 valence electrons. The third kappa shape index (κ3) is 3.44. The van der Waals surface area contributed by atoms with Gasteiger partial charge in [-0.1, -0.05) is 18.6 Å². The highest BCUT2D eigenvalue weighted by Gasteiger charge is 2.02. The largest absolute Gasteiger partial charge is 0.481 e. The second kappa shape index (κ2) is 6.18. The van der Waals surface area contributed by atoms with E-state index >= 15 is 0 Å². The molecule has 0 aliphatic heterocycles. The molecule has 4 nitrogen and oxygen atoms in total. The first-order chi connectivity index (χ1) is 9.18. The molecule has 4 heteroatoms. The fourth-order valence-electron chi connectivity index (χ4n) is 2.19. The van der Waals surface area contributed by atoms with Crippen molar-refractivity contribution in [3.63, 3.8) is 0 Å². The highest BCUT2D eigenvalue weighted by atomic mass is 16.4. The number of pyridine rings is 1. The second-order valence-corrected chi connectivity index (χ2v) is 4.59. The van der Waals surface area contributed by atoms with Crippen molar-refractivity contribution in [2.45, 2.75) is 32.2 Å². The summed E-state index contributed by atoms with van der Waals surface area (Å²) in [6, 6.07) is 9.13. The van der Waals surface area contributed by atoms with Gasteiger partial charge in [0.25, 0.3) is 0 Å². The zero-order valence-electron chi connectivity index (χ0n) is 10.7. The van der Waals surface area contributed by atoms with Crippen molar-refractivity contribution in [1.29, 1.82) is 0 Å². The number of aryl methyl sites for hydroxylation is 1. The fourth-order valence-corrected chi connectivity index (χ4v) is 2.19. The van der Waals surface area contributed by atoms with E-state index in [0.717, 1.165) is 30.3 Å². The van der Waals surface area contributed by atoms with Crippen LogP contribution < -0.4 is 5.43 Å². The van der Waals surface area contributed by atoms with Crippen LogP contribution in [0.2, 0.25) is 0 Å². The highest BCUT2D eigenvalue weighted by molar-refractivity contribution is 5.78. The van der Waals surface area contributed by atoms with E-state index in [9.17, 15) is 9.59 Å². The van der Waals surface area contributed by atoms with Gasteiger partial charge < -0.3 is 9.67 Å². The monoisotopic (exact) mass is 259 g/mol. The summed E-state index contributed by atoms with van der Waals surface area (Å²) in [7, 11) is 0. The Kier molecular flexibility index (Phi) is 4.34. The molecule has 2 rings (SSSR count). The molecule has 0 spiro atoms. The van der Waals surface area contributed by atoms with Gasteiger partial charge in [-0.2, -0.15) is 0 Å². The lowest BCUT2D eigenvalue weighted by Crippen LogP contribution is -2.08. The number of aliphatic carboxylic acids is 1. The summed E-state index contributed by atoms with van der Waals surface area (Å²) in [5.41, 5.74) is 0.978. The maximum atomic E-state index is 11.7. The molecule has 0 saturated heterocycles. The van der Waals surface area contributed by atoms with Gasteiger partial charge in [0.1, 0.15) is 0 Å². The molecule has 19 heavy (non-hydrogen) atoms. The zero-order valence-corrected chi connectivity index (χ0v) is 10.7. The third-order valence-electron chi connectivity index (χ3n) is 3.17. The van der Waals surface area contributed by atoms with Crippen molar-refractivity contribution in [1.82, 2.24) is 4.57 Å². The molecule has 1 aromatic carbocycles. The number of carboxylic acids is 1. The minimum absolute atomic E-state index is 0.0396. The molecule has 0 saturated carbocycles. The minimum Gasteiger partial charge on any atom is -0.481 e. The molecular formula is C15H17NO3. The fraction of sp³-hybridized carbons (Fsp3) is 0.333. The van der Waals surface area contributed by atoms with Crippen LogP contribution in [0.25, 0.3) is 10.9 Å². The molecule has 1 heterocycles. The third-order valence-corrected chi connectivity index (χ3v) is 3.17. The number of rotatable bonds is 6. The predicted octanol–water partition coefficient (Wildman–Crippen LogP) is 2.65. The molecule has 0 aliphatic carbocycles. The Balaban J connectivity index is 2.03. The van der Waals surface area contributed by atoms with Crippen LogP contribution in [0.15, 0.2) is 41.3 Å². The number of fused-ring (bicyclic) bond motifs is 1. The smallest absolute Gasteiger partial charge is 0.303 e. The minimum atomic E-state index is -0.742. The molecule has 0 amide bonds. The van der Waals surface area contributed by atoms with Crippen molar-refractivity contribution in [3.05, 3.63) is 46.8 Å². The predicted molar refractivity (Wildman–Crippen MR) is 74.3 cm³/mol. The molecule has 0 unspecified atom stereocenters. The Morgan fingerprint density at radius 2 is 1.89 bits per heavy atom. The summed E-state index contributed by atoms with van der Waals surface area (Å²) < 4.78 is 2.05. The first-order valence-electron chi connectivity index (χ1n) is 6.48. The zero-order chi connectivity index (χ0) is 13.7. The van der Waals surface area contributed by atoms with Crippen LogP contribution in [0.1, 0.15) is 25.7 Å². The quantitative estimate of drug-likeness (QED) is 0.811. The van der Waals surface area contributed by atoms with Gasteiger partial charge in [0, 0.05) is 30.6 Å². The van der Waals surface area contributed by atoms with E-state index in [1.165, 1.54) is 0 Å². The highest BCUT2D eigenvalue weighted by Crippen LogP contribution is 2.11. The number of aromatic nitrogens is 1. The summed E-state index contributed by atoms with van der Waals surface area (Å²) in [4.78, 5) is 22.1. The van der Waals surface area contributed by atoms with E-state index < -0.39 is 5.97 Å². The van der Waals surface area contributed by atoms with E-state index in [2.05, 4.69) is 4.57 Å². The average Bonchev–Trinajstić information content (AvgIpc) is 2.41. The number of carboxylic acid groups (broad SMARTS) is 1. The number of hydrogen-bond acceptors (Lipinski definition) is 2. The van der Waals surface area contributed by atoms with Gasteiger partial charge in [-0.05, 0) is 25.0 Å². The number of hydrogen-bond donors (Lipinski definition) is 1. The first kappa shape index (κ1) is 13.3. The maximum absolute atomic E-state index is 11.7. The molecule has 2 aromatic rings. The molecule has 1 aromatic heterocycles. The van der Waals surface area contributed by atoms with Crippen LogP contribution in [0.4, 0.5) is 0 Å². The maximum Gasteiger partial charge on any atom is 0.303 e. The molecule has 1 N–H and O–H groups in total. The SMILES string of the molecule is O=C(O)CCCCCn1ccc(=O)c2ccccc21. The van der Waals surface area contributed by atoms with Crippen molar-refractivity contribution in [2.75, 3.05) is 0 Å². The summed E-state index contributed by atoms with van der Waals surface area (Å²) in [5.74, 6) is -0.742. The van der Waals surface area contributed by atoms with Gasteiger partial charge in [0.2, 0.25) is 0 Å². The van der Waals surface area contributed by atoms with Crippen LogP contribution in [0, 0.1) is 0 Å². The van der Waals surface area contributed by atoms with E-state index in [1.807, 2.05) is 30.5 Å². The Morgan fingerprint density at radius 1 is 1.11 bits per heavy atom. The summed E-state index contributed by atoms with van der Waals surface area (Å²) in [6.45, 7) is 0.806. The Labute approximate surface area is 111 Å². The van der Waals surface area contributed by atoms with Gasteiger partial charge in [0.05, 0.1) is 5.52 Å². The Hall–Kier alpha value is -2.10. The number of nitrogens with zero attached hydrogens (tertiary/aromatic N) is 1. The van der Waals surface area contributed by atoms with Crippen molar-refractivity contribution in [2.24, 2.45) is 0 Å². The number of unbranched alkanes of at least 4 members (excludes halogenated alkanes) is 2. The van der Waals surface area contributed by atoms with Gasteiger partial charge >= 0.3 is 5.97 Å². The van der Waals surface area contributed by atoms with E-state index in [1.54, 1.807) is 6.07 Å². The number of carbonyl (C=O) groups is 1. The Morgan fingerprint density at radius 3 is 2.68 bits per heavy atom. The van der Waals surface area contributed by atoms with Crippen LogP contribution in [-0.4, -0.2) is 15.6 Å². The lowest BCUT2D eigenvalue weighted by molar-refractivity contribution is -0.137.